The first kappa shape index (κ1) is 16.7. The van der Waals surface area contributed by atoms with Crippen molar-refractivity contribution in [3.8, 4) is 10.4 Å². The highest BCUT2D eigenvalue weighted by Crippen LogP contribution is 2.54. The minimum absolute atomic E-state index is 0.124. The molecule has 0 bridgehead atoms. The number of nitrogens with one attached hydrogen (secondary N) is 1. The second-order valence-corrected chi connectivity index (χ2v) is 7.40. The van der Waals surface area contributed by atoms with Crippen LogP contribution in [0.15, 0.2) is 24.3 Å². The van der Waals surface area contributed by atoms with Gasteiger partial charge in [-0.05, 0) is 36.0 Å². The Morgan fingerprint density at radius 1 is 1.25 bits per heavy atom. The lowest BCUT2D eigenvalue weighted by molar-refractivity contribution is -0.114. The molecule has 1 aromatic carbocycles. The number of rotatable bonds is 4. The topological polar surface area (TPSA) is 72.2 Å². The lowest BCUT2D eigenvalue weighted by atomic mass is 9.66. The zero-order valence-electron chi connectivity index (χ0n) is 14.2. The first-order valence-corrected chi connectivity index (χ1v) is 9.08. The van der Waals surface area contributed by atoms with Crippen LogP contribution in [0.4, 0.5) is 5.00 Å². The number of anilines is 1. The Hall–Kier alpha value is -2.14. The van der Waals surface area contributed by atoms with E-state index in [4.69, 9.17) is 5.73 Å². The zero-order chi connectivity index (χ0) is 17.5. The fourth-order valence-electron chi connectivity index (χ4n) is 3.81. The third kappa shape index (κ3) is 2.44. The minimum atomic E-state index is -0.470. The van der Waals surface area contributed by atoms with Gasteiger partial charge in [0.15, 0.2) is 0 Å². The Kier molecular flexibility index (Phi) is 4.22. The summed E-state index contributed by atoms with van der Waals surface area (Å²) in [5.74, 6) is -0.662. The van der Waals surface area contributed by atoms with Crippen molar-refractivity contribution in [2.75, 3.05) is 5.32 Å². The van der Waals surface area contributed by atoms with Crippen molar-refractivity contribution >= 4 is 28.2 Å². The number of carbonyl (C=O) groups is 2. The summed E-state index contributed by atoms with van der Waals surface area (Å²) in [5.41, 5.74) is 9.55. The molecule has 5 heteroatoms. The van der Waals surface area contributed by atoms with Crippen LogP contribution in [0, 0.1) is 0 Å². The number of thiophene rings is 1. The molecule has 0 aliphatic heterocycles. The summed E-state index contributed by atoms with van der Waals surface area (Å²) in [6, 6.07) is 8.30. The molecule has 0 spiro atoms. The van der Waals surface area contributed by atoms with Crippen LogP contribution in [-0.2, 0) is 16.6 Å². The molecule has 0 atom stereocenters. The largest absolute Gasteiger partial charge is 0.365 e. The molecule has 0 fully saturated rings. The van der Waals surface area contributed by atoms with Gasteiger partial charge in [-0.15, -0.1) is 11.3 Å². The van der Waals surface area contributed by atoms with Crippen LogP contribution in [-0.4, -0.2) is 11.8 Å². The van der Waals surface area contributed by atoms with Crippen LogP contribution < -0.4 is 11.1 Å². The van der Waals surface area contributed by atoms with Gasteiger partial charge in [-0.1, -0.05) is 38.1 Å². The van der Waals surface area contributed by atoms with E-state index in [0.717, 1.165) is 35.3 Å². The first-order valence-electron chi connectivity index (χ1n) is 8.26. The standard InChI is InChI=1S/C19H22N2O2S/c1-4-19(5-2)10-12-8-6-7-9-13(12)16-15(19)14(17(20)23)18(24-16)21-11(3)22/h6-9H,4-5,10H2,1-3H3,(H2,20,23)(H,21,22). The van der Waals surface area contributed by atoms with Gasteiger partial charge in [0.1, 0.15) is 5.00 Å². The molecule has 0 unspecified atom stereocenters. The quantitative estimate of drug-likeness (QED) is 0.878. The van der Waals surface area contributed by atoms with Gasteiger partial charge < -0.3 is 11.1 Å². The summed E-state index contributed by atoms with van der Waals surface area (Å²) < 4.78 is 0. The maximum Gasteiger partial charge on any atom is 0.252 e. The Morgan fingerprint density at radius 2 is 1.92 bits per heavy atom. The van der Waals surface area contributed by atoms with Crippen molar-refractivity contribution in [2.24, 2.45) is 5.73 Å². The van der Waals surface area contributed by atoms with Crippen LogP contribution in [0.1, 0.15) is 55.1 Å². The van der Waals surface area contributed by atoms with E-state index < -0.39 is 5.91 Å². The number of amides is 2. The molecule has 1 heterocycles. The molecular weight excluding hydrogens is 320 g/mol. The fourth-order valence-corrected chi connectivity index (χ4v) is 5.25. The molecule has 0 radical (unpaired) electrons. The monoisotopic (exact) mass is 342 g/mol. The predicted molar refractivity (Wildman–Crippen MR) is 98.5 cm³/mol. The average molecular weight is 342 g/mol. The van der Waals surface area contributed by atoms with Crippen LogP contribution >= 0.6 is 11.3 Å². The molecule has 3 N–H and O–H groups in total. The summed E-state index contributed by atoms with van der Waals surface area (Å²) in [6.07, 6.45) is 2.72. The zero-order valence-corrected chi connectivity index (χ0v) is 15.0. The van der Waals surface area contributed by atoms with Gasteiger partial charge in [-0.2, -0.15) is 0 Å². The normalized spacial score (nSPS) is 14.6. The van der Waals surface area contributed by atoms with Crippen LogP contribution in [0.3, 0.4) is 0 Å². The van der Waals surface area contributed by atoms with Crippen molar-refractivity contribution in [2.45, 2.75) is 45.4 Å². The van der Waals surface area contributed by atoms with E-state index in [1.165, 1.54) is 23.8 Å². The molecule has 0 saturated carbocycles. The molecule has 1 aliphatic carbocycles. The Morgan fingerprint density at radius 3 is 2.50 bits per heavy atom. The SMILES string of the molecule is CCC1(CC)Cc2ccccc2-c2sc(NC(C)=O)c(C(N)=O)c21. The average Bonchev–Trinajstić information content (AvgIpc) is 2.93. The highest BCUT2D eigenvalue weighted by molar-refractivity contribution is 7.20. The smallest absolute Gasteiger partial charge is 0.252 e. The van der Waals surface area contributed by atoms with Gasteiger partial charge in [0, 0.05) is 17.2 Å². The van der Waals surface area contributed by atoms with Crippen LogP contribution in [0.25, 0.3) is 10.4 Å². The summed E-state index contributed by atoms with van der Waals surface area (Å²) in [4.78, 5) is 24.9. The number of hydrogen-bond acceptors (Lipinski definition) is 3. The van der Waals surface area contributed by atoms with E-state index >= 15 is 0 Å². The van der Waals surface area contributed by atoms with Gasteiger partial charge in [0.25, 0.3) is 5.91 Å². The molecule has 2 aromatic rings. The van der Waals surface area contributed by atoms with Crippen LogP contribution in [0.5, 0.6) is 0 Å². The highest BCUT2D eigenvalue weighted by Gasteiger charge is 2.41. The fraction of sp³-hybridized carbons (Fsp3) is 0.368. The van der Waals surface area contributed by atoms with Gasteiger partial charge >= 0.3 is 0 Å². The van der Waals surface area contributed by atoms with Gasteiger partial charge in [0.05, 0.1) is 5.56 Å². The van der Waals surface area contributed by atoms with Crippen molar-refractivity contribution in [3.63, 3.8) is 0 Å². The molecule has 2 amide bonds. The van der Waals surface area contributed by atoms with E-state index in [1.807, 2.05) is 6.07 Å². The number of hydrogen-bond donors (Lipinski definition) is 2. The third-order valence-electron chi connectivity index (χ3n) is 5.12. The second kappa shape index (κ2) is 6.06. The van der Waals surface area contributed by atoms with Crippen molar-refractivity contribution in [3.05, 3.63) is 41.0 Å². The predicted octanol–water partition coefficient (Wildman–Crippen LogP) is 4.09. The Labute approximate surface area is 146 Å². The number of benzene rings is 1. The first-order chi connectivity index (χ1) is 11.4. The summed E-state index contributed by atoms with van der Waals surface area (Å²) in [7, 11) is 0. The van der Waals surface area contributed by atoms with Gasteiger partial charge in [-0.3, -0.25) is 9.59 Å². The van der Waals surface area contributed by atoms with Crippen molar-refractivity contribution in [1.82, 2.24) is 0 Å². The molecule has 126 valence electrons. The van der Waals surface area contributed by atoms with Crippen molar-refractivity contribution in [1.29, 1.82) is 0 Å². The number of fused-ring (bicyclic) bond motifs is 3. The number of carbonyl (C=O) groups excluding carboxylic acids is 2. The van der Waals surface area contributed by atoms with Gasteiger partial charge in [0.2, 0.25) is 5.91 Å². The third-order valence-corrected chi connectivity index (χ3v) is 6.26. The lowest BCUT2D eigenvalue weighted by Crippen LogP contribution is -2.33. The molecular formula is C19H22N2O2S. The molecule has 4 nitrogen and oxygen atoms in total. The van der Waals surface area contributed by atoms with E-state index in [2.05, 4.69) is 37.4 Å². The summed E-state index contributed by atoms with van der Waals surface area (Å²) in [5, 5.41) is 3.38. The van der Waals surface area contributed by atoms with Gasteiger partial charge in [-0.25, -0.2) is 0 Å². The van der Waals surface area contributed by atoms with E-state index in [9.17, 15) is 9.59 Å². The van der Waals surface area contributed by atoms with E-state index in [-0.39, 0.29) is 11.3 Å². The summed E-state index contributed by atoms with van der Waals surface area (Å²) >= 11 is 1.46. The van der Waals surface area contributed by atoms with Crippen LogP contribution in [0.2, 0.25) is 0 Å². The molecule has 0 saturated heterocycles. The molecule has 24 heavy (non-hydrogen) atoms. The molecule has 1 aromatic heterocycles. The second-order valence-electron chi connectivity index (χ2n) is 6.38. The lowest BCUT2D eigenvalue weighted by Gasteiger charge is -2.38. The number of nitrogens with two attached hydrogens (primary N) is 1. The summed E-state index contributed by atoms with van der Waals surface area (Å²) in [6.45, 7) is 5.76. The van der Waals surface area contributed by atoms with E-state index in [0.29, 0.717) is 10.6 Å². The van der Waals surface area contributed by atoms with Crippen molar-refractivity contribution < 1.29 is 9.59 Å². The highest BCUT2D eigenvalue weighted by atomic mass is 32.1. The Balaban J connectivity index is 2.36. The number of primary amides is 1. The minimum Gasteiger partial charge on any atom is -0.365 e. The Bertz CT molecular complexity index is 819. The molecule has 1 aliphatic rings. The van der Waals surface area contributed by atoms with E-state index in [1.54, 1.807) is 0 Å². The maximum absolute atomic E-state index is 12.2. The maximum atomic E-state index is 12.2. The molecule has 3 rings (SSSR count).